The Kier molecular flexibility index (Phi) is 5.16. The highest BCUT2D eigenvalue weighted by Crippen LogP contribution is 2.25. The molecule has 1 amide bonds. The number of benzene rings is 1. The van der Waals surface area contributed by atoms with E-state index in [9.17, 15) is 9.59 Å². The van der Waals surface area contributed by atoms with Crippen molar-refractivity contribution in [2.75, 3.05) is 19.0 Å². The molecule has 1 aromatic rings. The van der Waals surface area contributed by atoms with Gasteiger partial charge in [-0.2, -0.15) is 0 Å². The molecule has 1 heterocycles. The molecule has 0 radical (unpaired) electrons. The van der Waals surface area contributed by atoms with Gasteiger partial charge < -0.3 is 19.9 Å². The van der Waals surface area contributed by atoms with Crippen LogP contribution in [0.1, 0.15) is 19.3 Å². The van der Waals surface area contributed by atoms with Crippen molar-refractivity contribution in [2.45, 2.75) is 25.4 Å². The Morgan fingerprint density at radius 3 is 2.67 bits per heavy atom. The second-order valence-corrected chi connectivity index (χ2v) is 4.97. The van der Waals surface area contributed by atoms with E-state index in [0.717, 1.165) is 6.42 Å². The first-order chi connectivity index (χ1) is 10.1. The highest BCUT2D eigenvalue weighted by molar-refractivity contribution is 5.94. The van der Waals surface area contributed by atoms with Crippen molar-refractivity contribution in [3.05, 3.63) is 24.3 Å². The summed E-state index contributed by atoms with van der Waals surface area (Å²) in [5.74, 6) is -1.31. The van der Waals surface area contributed by atoms with E-state index in [1.54, 1.807) is 31.4 Å². The molecule has 0 bridgehead atoms. The Hall–Kier alpha value is -2.08. The maximum atomic E-state index is 12.3. The van der Waals surface area contributed by atoms with Crippen LogP contribution in [0.25, 0.3) is 0 Å². The average molecular weight is 293 g/mol. The van der Waals surface area contributed by atoms with Crippen LogP contribution in [0.4, 0.5) is 5.69 Å². The Balaban J connectivity index is 2.04. The highest BCUT2D eigenvalue weighted by Gasteiger charge is 2.33. The number of carbonyl (C=O) groups excluding carboxylic acids is 1. The van der Waals surface area contributed by atoms with Crippen molar-refractivity contribution >= 4 is 17.6 Å². The van der Waals surface area contributed by atoms with Crippen molar-refractivity contribution in [3.8, 4) is 5.75 Å². The van der Waals surface area contributed by atoms with Crippen LogP contribution in [-0.2, 0) is 14.3 Å². The fraction of sp³-hybridized carbons (Fsp3) is 0.467. The van der Waals surface area contributed by atoms with Crippen LogP contribution in [0.2, 0.25) is 0 Å². The molecule has 0 aliphatic carbocycles. The van der Waals surface area contributed by atoms with Crippen molar-refractivity contribution in [3.63, 3.8) is 0 Å². The first-order valence-corrected chi connectivity index (χ1v) is 6.88. The Labute approximate surface area is 123 Å². The van der Waals surface area contributed by atoms with Gasteiger partial charge in [-0.25, -0.2) is 0 Å². The van der Waals surface area contributed by atoms with Gasteiger partial charge in [-0.3, -0.25) is 9.59 Å². The van der Waals surface area contributed by atoms with E-state index in [-0.39, 0.29) is 18.4 Å². The molecule has 1 saturated heterocycles. The van der Waals surface area contributed by atoms with Gasteiger partial charge in [0, 0.05) is 12.3 Å². The van der Waals surface area contributed by atoms with Crippen molar-refractivity contribution < 1.29 is 24.2 Å². The first kappa shape index (κ1) is 15.3. The molecular weight excluding hydrogens is 274 g/mol. The number of methoxy groups -OCH3 is 1. The van der Waals surface area contributed by atoms with Gasteiger partial charge in [0.15, 0.2) is 0 Å². The van der Waals surface area contributed by atoms with E-state index in [0.29, 0.717) is 24.5 Å². The van der Waals surface area contributed by atoms with Crippen molar-refractivity contribution in [1.82, 2.24) is 0 Å². The molecule has 1 aromatic carbocycles. The number of carboxylic acid groups (broad SMARTS) is 1. The van der Waals surface area contributed by atoms with Gasteiger partial charge in [0.2, 0.25) is 5.91 Å². The average Bonchev–Trinajstić information content (AvgIpc) is 2.99. The van der Waals surface area contributed by atoms with Crippen LogP contribution >= 0.6 is 0 Å². The van der Waals surface area contributed by atoms with Crippen LogP contribution in [0.3, 0.4) is 0 Å². The number of amides is 1. The summed E-state index contributed by atoms with van der Waals surface area (Å²) < 4.78 is 10.5. The van der Waals surface area contributed by atoms with Gasteiger partial charge in [0.05, 0.1) is 25.6 Å². The SMILES string of the molecule is COc1ccc(NC(=O)[C@H](CC(=O)O)[C@H]2CCCO2)cc1. The molecule has 0 spiro atoms. The summed E-state index contributed by atoms with van der Waals surface area (Å²) in [5.41, 5.74) is 0.606. The molecule has 0 aromatic heterocycles. The summed E-state index contributed by atoms with van der Waals surface area (Å²) in [6, 6.07) is 6.88. The fourth-order valence-corrected chi connectivity index (χ4v) is 2.41. The molecule has 1 fully saturated rings. The van der Waals surface area contributed by atoms with Gasteiger partial charge in [0.25, 0.3) is 0 Å². The first-order valence-electron chi connectivity index (χ1n) is 6.88. The Morgan fingerprint density at radius 2 is 2.14 bits per heavy atom. The summed E-state index contributed by atoms with van der Waals surface area (Å²) in [4.78, 5) is 23.3. The Morgan fingerprint density at radius 1 is 1.43 bits per heavy atom. The van der Waals surface area contributed by atoms with Gasteiger partial charge >= 0.3 is 5.97 Å². The molecule has 0 saturated carbocycles. The zero-order valence-electron chi connectivity index (χ0n) is 11.9. The maximum Gasteiger partial charge on any atom is 0.304 e. The third-order valence-electron chi connectivity index (χ3n) is 3.50. The fourth-order valence-electron chi connectivity index (χ4n) is 2.41. The van der Waals surface area contributed by atoms with E-state index in [1.165, 1.54) is 0 Å². The molecule has 6 nitrogen and oxygen atoms in total. The van der Waals surface area contributed by atoms with Gasteiger partial charge in [0.1, 0.15) is 5.75 Å². The van der Waals surface area contributed by atoms with Crippen LogP contribution < -0.4 is 10.1 Å². The molecule has 0 unspecified atom stereocenters. The number of aliphatic carboxylic acids is 1. The number of hydrogen-bond acceptors (Lipinski definition) is 4. The monoisotopic (exact) mass is 293 g/mol. The van der Waals surface area contributed by atoms with Gasteiger partial charge in [-0.1, -0.05) is 0 Å². The zero-order chi connectivity index (χ0) is 15.2. The van der Waals surface area contributed by atoms with E-state index >= 15 is 0 Å². The Bertz CT molecular complexity index is 493. The van der Waals surface area contributed by atoms with E-state index < -0.39 is 11.9 Å². The summed E-state index contributed by atoms with van der Waals surface area (Å²) in [6.07, 6.45) is 1.02. The number of ether oxygens (including phenoxy) is 2. The van der Waals surface area contributed by atoms with E-state index in [4.69, 9.17) is 14.6 Å². The minimum atomic E-state index is -1.000. The largest absolute Gasteiger partial charge is 0.497 e. The molecule has 114 valence electrons. The second-order valence-electron chi connectivity index (χ2n) is 4.97. The number of rotatable bonds is 6. The minimum absolute atomic E-state index is 0.230. The molecule has 2 rings (SSSR count). The standard InChI is InChI=1S/C15H19NO5/c1-20-11-6-4-10(5-7-11)16-15(19)12(9-14(17)18)13-3-2-8-21-13/h4-7,12-13H,2-3,8-9H2,1H3,(H,16,19)(H,17,18)/t12-,13-/m1/s1. The number of nitrogens with one attached hydrogen (secondary N) is 1. The lowest BCUT2D eigenvalue weighted by Gasteiger charge is -2.20. The predicted octanol–water partition coefficient (Wildman–Crippen LogP) is 1.90. The topological polar surface area (TPSA) is 84.9 Å². The normalized spacial score (nSPS) is 19.0. The maximum absolute atomic E-state index is 12.3. The quantitative estimate of drug-likeness (QED) is 0.837. The molecule has 6 heteroatoms. The lowest BCUT2D eigenvalue weighted by atomic mass is 9.95. The van der Waals surface area contributed by atoms with Gasteiger partial charge in [-0.05, 0) is 37.1 Å². The summed E-state index contributed by atoms with van der Waals surface area (Å²) in [7, 11) is 1.56. The highest BCUT2D eigenvalue weighted by atomic mass is 16.5. The van der Waals surface area contributed by atoms with Crippen LogP contribution in [0, 0.1) is 5.92 Å². The smallest absolute Gasteiger partial charge is 0.304 e. The lowest BCUT2D eigenvalue weighted by Crippen LogP contribution is -2.34. The minimum Gasteiger partial charge on any atom is -0.497 e. The number of anilines is 1. The molecule has 1 aliphatic rings. The zero-order valence-corrected chi connectivity index (χ0v) is 11.9. The second kappa shape index (κ2) is 7.08. The predicted molar refractivity (Wildman–Crippen MR) is 76.3 cm³/mol. The lowest BCUT2D eigenvalue weighted by molar-refractivity contribution is -0.142. The summed E-state index contributed by atoms with van der Waals surface area (Å²) >= 11 is 0. The molecule has 2 atom stereocenters. The number of carboxylic acids is 1. The third kappa shape index (κ3) is 4.19. The van der Waals surface area contributed by atoms with Crippen molar-refractivity contribution in [2.24, 2.45) is 5.92 Å². The third-order valence-corrected chi connectivity index (χ3v) is 3.50. The summed E-state index contributed by atoms with van der Waals surface area (Å²) in [6.45, 7) is 0.580. The number of hydrogen-bond donors (Lipinski definition) is 2. The molecule has 2 N–H and O–H groups in total. The van der Waals surface area contributed by atoms with Crippen LogP contribution in [0.5, 0.6) is 5.75 Å². The van der Waals surface area contributed by atoms with Crippen LogP contribution in [0.15, 0.2) is 24.3 Å². The van der Waals surface area contributed by atoms with Crippen LogP contribution in [-0.4, -0.2) is 36.8 Å². The molecule has 21 heavy (non-hydrogen) atoms. The van der Waals surface area contributed by atoms with E-state index in [2.05, 4.69) is 5.32 Å². The summed E-state index contributed by atoms with van der Waals surface area (Å²) in [5, 5.41) is 11.7. The molecular formula is C15H19NO5. The molecule has 1 aliphatic heterocycles. The van der Waals surface area contributed by atoms with E-state index in [1.807, 2.05) is 0 Å². The van der Waals surface area contributed by atoms with Crippen molar-refractivity contribution in [1.29, 1.82) is 0 Å². The van der Waals surface area contributed by atoms with Gasteiger partial charge in [-0.15, -0.1) is 0 Å². The number of carbonyl (C=O) groups is 2.